The van der Waals surface area contributed by atoms with Gasteiger partial charge < -0.3 is 19.5 Å². The molecule has 38 heavy (non-hydrogen) atoms. The number of hydrogen-bond donors (Lipinski definition) is 1. The third kappa shape index (κ3) is 6.67. The molecule has 1 heterocycles. The maximum absolute atomic E-state index is 14.9. The standard InChI is InChI=1S/C26H24F5NO6/c1-24(2,3)38-22(35)14-37-15-8-9-17(19(12-15)26(29,30)31)23(36)32-11-10-25(27,28)18(13-21(33)34)16-6-4-5-7-20(16)32/h4-9,12-13H,10-11,14H2,1-3H3,(H,33,34). The number of ether oxygens (including phenoxy) is 2. The van der Waals surface area contributed by atoms with Crippen molar-refractivity contribution < 1.29 is 50.9 Å². The van der Waals surface area contributed by atoms with Gasteiger partial charge in [-0.2, -0.15) is 13.2 Å². The molecule has 0 aliphatic carbocycles. The fourth-order valence-corrected chi connectivity index (χ4v) is 3.85. The predicted molar refractivity (Wildman–Crippen MR) is 126 cm³/mol. The number of aliphatic carboxylic acids is 1. The van der Waals surface area contributed by atoms with Crippen LogP contribution in [0, 0.1) is 0 Å². The number of amides is 1. The Morgan fingerprint density at radius 3 is 2.34 bits per heavy atom. The third-order valence-electron chi connectivity index (χ3n) is 5.34. The maximum Gasteiger partial charge on any atom is 0.417 e. The number of benzene rings is 2. The molecule has 1 N–H and O–H groups in total. The molecule has 0 atom stereocenters. The molecule has 2 aromatic carbocycles. The number of halogens is 5. The van der Waals surface area contributed by atoms with Crippen molar-refractivity contribution in [2.75, 3.05) is 18.1 Å². The van der Waals surface area contributed by atoms with Crippen LogP contribution in [0.4, 0.5) is 27.6 Å². The number of carboxylic acids is 1. The van der Waals surface area contributed by atoms with Gasteiger partial charge >= 0.3 is 18.1 Å². The number of nitrogens with zero attached hydrogens (tertiary/aromatic N) is 1. The molecule has 12 heteroatoms. The number of alkyl halides is 5. The van der Waals surface area contributed by atoms with Crippen molar-refractivity contribution >= 4 is 29.1 Å². The Kier molecular flexibility index (Phi) is 7.85. The van der Waals surface area contributed by atoms with Crippen molar-refractivity contribution in [3.05, 3.63) is 65.2 Å². The number of anilines is 1. The highest BCUT2D eigenvalue weighted by atomic mass is 19.4. The van der Waals surface area contributed by atoms with Crippen LogP contribution in [0.15, 0.2) is 48.5 Å². The highest BCUT2D eigenvalue weighted by Gasteiger charge is 2.43. The second-order valence-corrected chi connectivity index (χ2v) is 9.40. The van der Waals surface area contributed by atoms with Crippen LogP contribution in [0.1, 0.15) is 48.7 Å². The Balaban J connectivity index is 2.01. The van der Waals surface area contributed by atoms with Gasteiger partial charge in [0.15, 0.2) is 6.61 Å². The molecular formula is C26H24F5NO6. The van der Waals surface area contributed by atoms with Gasteiger partial charge in [0.2, 0.25) is 0 Å². The molecule has 0 saturated carbocycles. The number of rotatable bonds is 5. The van der Waals surface area contributed by atoms with E-state index in [-0.39, 0.29) is 17.0 Å². The summed E-state index contributed by atoms with van der Waals surface area (Å²) in [6, 6.07) is 7.55. The number of fused-ring (bicyclic) bond motifs is 1. The lowest BCUT2D eigenvalue weighted by Crippen LogP contribution is -2.34. The van der Waals surface area contributed by atoms with E-state index < -0.39 is 71.8 Å². The minimum atomic E-state index is -5.04. The third-order valence-corrected chi connectivity index (χ3v) is 5.34. The first-order chi connectivity index (χ1) is 17.5. The van der Waals surface area contributed by atoms with E-state index in [1.165, 1.54) is 24.3 Å². The van der Waals surface area contributed by atoms with Gasteiger partial charge in [-0.25, -0.2) is 18.4 Å². The average molecular weight is 541 g/mol. The van der Waals surface area contributed by atoms with Crippen molar-refractivity contribution in [1.29, 1.82) is 0 Å². The van der Waals surface area contributed by atoms with Crippen molar-refractivity contribution in [2.45, 2.75) is 44.9 Å². The lowest BCUT2D eigenvalue weighted by atomic mass is 9.97. The van der Waals surface area contributed by atoms with E-state index in [2.05, 4.69) is 0 Å². The van der Waals surface area contributed by atoms with Crippen molar-refractivity contribution in [2.24, 2.45) is 0 Å². The summed E-state index contributed by atoms with van der Waals surface area (Å²) in [6.45, 7) is 3.43. The van der Waals surface area contributed by atoms with Crippen LogP contribution in [-0.4, -0.2) is 47.6 Å². The molecule has 0 spiro atoms. The fourth-order valence-electron chi connectivity index (χ4n) is 3.85. The summed E-state index contributed by atoms with van der Waals surface area (Å²) in [5.74, 6) is -7.73. The van der Waals surface area contributed by atoms with E-state index in [1.54, 1.807) is 20.8 Å². The first-order valence-corrected chi connectivity index (χ1v) is 11.3. The van der Waals surface area contributed by atoms with E-state index >= 15 is 0 Å². The van der Waals surface area contributed by atoms with E-state index in [0.717, 1.165) is 17.0 Å². The van der Waals surface area contributed by atoms with Crippen LogP contribution in [0.25, 0.3) is 5.57 Å². The zero-order chi connectivity index (χ0) is 28.5. The zero-order valence-electron chi connectivity index (χ0n) is 20.6. The zero-order valence-corrected chi connectivity index (χ0v) is 20.6. The molecule has 7 nitrogen and oxygen atoms in total. The van der Waals surface area contributed by atoms with Gasteiger partial charge in [0.1, 0.15) is 11.4 Å². The smallest absolute Gasteiger partial charge is 0.417 e. The molecule has 3 rings (SSSR count). The molecule has 2 aromatic rings. The van der Waals surface area contributed by atoms with Crippen molar-refractivity contribution in [1.82, 2.24) is 0 Å². The molecule has 1 amide bonds. The predicted octanol–water partition coefficient (Wildman–Crippen LogP) is 5.58. The summed E-state index contributed by atoms with van der Waals surface area (Å²) in [5, 5.41) is 9.10. The number of carboxylic acid groups (broad SMARTS) is 1. The molecule has 0 fully saturated rings. The van der Waals surface area contributed by atoms with Crippen LogP contribution >= 0.6 is 0 Å². The molecular weight excluding hydrogens is 517 g/mol. The van der Waals surface area contributed by atoms with E-state index in [9.17, 15) is 36.3 Å². The molecule has 0 radical (unpaired) electrons. The summed E-state index contributed by atoms with van der Waals surface area (Å²) in [6.07, 6.45) is -5.74. The van der Waals surface area contributed by atoms with Gasteiger partial charge in [0.05, 0.1) is 16.8 Å². The summed E-state index contributed by atoms with van der Waals surface area (Å²) in [5.41, 5.74) is -4.41. The summed E-state index contributed by atoms with van der Waals surface area (Å²) in [4.78, 5) is 37.2. The van der Waals surface area contributed by atoms with Crippen molar-refractivity contribution in [3.8, 4) is 5.75 Å². The van der Waals surface area contributed by atoms with Gasteiger partial charge in [-0.15, -0.1) is 0 Å². The summed E-state index contributed by atoms with van der Waals surface area (Å²) in [7, 11) is 0. The Hall–Kier alpha value is -3.96. The maximum atomic E-state index is 14.9. The number of carbonyl (C=O) groups excluding carboxylic acids is 2. The molecule has 204 valence electrons. The molecule has 1 aliphatic heterocycles. The van der Waals surface area contributed by atoms with Gasteiger partial charge in [-0.1, -0.05) is 18.2 Å². The minimum Gasteiger partial charge on any atom is -0.482 e. The Morgan fingerprint density at radius 1 is 1.08 bits per heavy atom. The van der Waals surface area contributed by atoms with Crippen LogP contribution in [0.3, 0.4) is 0 Å². The van der Waals surface area contributed by atoms with Crippen molar-refractivity contribution in [3.63, 3.8) is 0 Å². The lowest BCUT2D eigenvalue weighted by molar-refractivity contribution is -0.157. The Bertz CT molecular complexity index is 1280. The lowest BCUT2D eigenvalue weighted by Gasteiger charge is -2.24. The van der Waals surface area contributed by atoms with Gasteiger partial charge in [0.25, 0.3) is 11.8 Å². The van der Waals surface area contributed by atoms with Crippen LogP contribution in [0.5, 0.6) is 5.75 Å². The van der Waals surface area contributed by atoms with E-state index in [1.807, 2.05) is 0 Å². The summed E-state index contributed by atoms with van der Waals surface area (Å²) < 4.78 is 81.8. The second-order valence-electron chi connectivity index (χ2n) is 9.40. The van der Waals surface area contributed by atoms with E-state index in [0.29, 0.717) is 12.1 Å². The fraction of sp³-hybridized carbons (Fsp3) is 0.346. The number of carbonyl (C=O) groups is 3. The van der Waals surface area contributed by atoms with E-state index in [4.69, 9.17) is 14.6 Å². The number of para-hydroxylation sites is 1. The van der Waals surface area contributed by atoms with Crippen LogP contribution in [0.2, 0.25) is 0 Å². The SMILES string of the molecule is CC(C)(C)OC(=O)COc1ccc(C(=O)N2CCC(F)(F)C(=CC(=O)O)c3ccccc32)c(C(F)(F)F)c1. The number of allylic oxidation sites excluding steroid dienone is 1. The highest BCUT2D eigenvalue weighted by Crippen LogP contribution is 2.44. The number of hydrogen-bond acceptors (Lipinski definition) is 5. The Labute approximate surface area is 214 Å². The molecule has 0 bridgehead atoms. The largest absolute Gasteiger partial charge is 0.482 e. The molecule has 0 saturated heterocycles. The van der Waals surface area contributed by atoms with Gasteiger partial charge in [0, 0.05) is 30.2 Å². The van der Waals surface area contributed by atoms with Gasteiger partial charge in [-0.3, -0.25) is 4.79 Å². The topological polar surface area (TPSA) is 93.1 Å². The number of esters is 1. The first kappa shape index (κ1) is 28.6. The van der Waals surface area contributed by atoms with Crippen LogP contribution in [-0.2, 0) is 20.5 Å². The normalized spacial score (nSPS) is 16.4. The monoisotopic (exact) mass is 541 g/mol. The second kappa shape index (κ2) is 10.4. The minimum absolute atomic E-state index is 0.166. The van der Waals surface area contributed by atoms with Crippen LogP contribution < -0.4 is 9.64 Å². The molecule has 0 aromatic heterocycles. The summed E-state index contributed by atoms with van der Waals surface area (Å²) >= 11 is 0. The molecule has 0 unspecified atom stereocenters. The highest BCUT2D eigenvalue weighted by molar-refractivity contribution is 6.09. The average Bonchev–Trinajstić information content (AvgIpc) is 2.89. The van der Waals surface area contributed by atoms with Gasteiger partial charge in [-0.05, 0) is 45.0 Å². The molecule has 1 aliphatic rings. The Morgan fingerprint density at radius 2 is 1.74 bits per heavy atom. The first-order valence-electron chi connectivity index (χ1n) is 11.3. The quantitative estimate of drug-likeness (QED) is 0.302.